The fourth-order valence-electron chi connectivity index (χ4n) is 1.97. The van der Waals surface area contributed by atoms with Gasteiger partial charge in [-0.1, -0.05) is 6.07 Å². The Hall–Kier alpha value is -2.04. The molecule has 0 bridgehead atoms. The number of hydrogen-bond donors (Lipinski definition) is 1. The van der Waals surface area contributed by atoms with Gasteiger partial charge in [0, 0.05) is 12.6 Å². The van der Waals surface area contributed by atoms with Crippen LogP contribution in [0.15, 0.2) is 24.3 Å². The Bertz CT molecular complexity index is 482. The zero-order valence-corrected chi connectivity index (χ0v) is 10.8. The van der Waals surface area contributed by atoms with Crippen LogP contribution in [0.5, 0.6) is 5.75 Å². The van der Waals surface area contributed by atoms with Crippen LogP contribution < -0.4 is 4.74 Å². The molecule has 0 saturated heterocycles. The van der Waals surface area contributed by atoms with E-state index in [1.54, 1.807) is 17.0 Å². The lowest BCUT2D eigenvalue weighted by Crippen LogP contribution is -2.36. The number of amides is 1. The van der Waals surface area contributed by atoms with Gasteiger partial charge in [-0.25, -0.2) is 4.79 Å². The summed E-state index contributed by atoms with van der Waals surface area (Å²) in [5.74, 6) is -0.657. The van der Waals surface area contributed by atoms with E-state index in [2.05, 4.69) is 0 Å². The molecule has 2 rings (SSSR count). The number of carbonyl (C=O) groups excluding carboxylic acids is 1. The molecule has 0 aliphatic heterocycles. The highest BCUT2D eigenvalue weighted by Crippen LogP contribution is 2.26. The van der Waals surface area contributed by atoms with Crippen LogP contribution in [0.1, 0.15) is 30.1 Å². The van der Waals surface area contributed by atoms with E-state index < -0.39 is 5.97 Å². The van der Waals surface area contributed by atoms with Crippen molar-refractivity contribution in [2.75, 3.05) is 13.2 Å². The normalized spacial score (nSPS) is 13.9. The molecular formula is C14H17NO4. The minimum absolute atomic E-state index is 0.0482. The minimum Gasteiger partial charge on any atom is -0.484 e. The summed E-state index contributed by atoms with van der Waals surface area (Å²) in [6.45, 7) is 2.58. The Morgan fingerprint density at radius 2 is 2.16 bits per heavy atom. The lowest BCUT2D eigenvalue weighted by molar-refractivity contribution is -0.133. The lowest BCUT2D eigenvalue weighted by Gasteiger charge is -2.20. The largest absolute Gasteiger partial charge is 0.484 e. The number of carbonyl (C=O) groups is 2. The molecule has 1 aromatic rings. The molecule has 1 aliphatic rings. The van der Waals surface area contributed by atoms with Crippen molar-refractivity contribution in [3.63, 3.8) is 0 Å². The molecule has 1 aliphatic carbocycles. The summed E-state index contributed by atoms with van der Waals surface area (Å²) in [6.07, 6.45) is 2.13. The first-order valence-electron chi connectivity index (χ1n) is 6.37. The molecule has 5 nitrogen and oxygen atoms in total. The highest BCUT2D eigenvalue weighted by molar-refractivity contribution is 5.88. The Morgan fingerprint density at radius 1 is 1.42 bits per heavy atom. The van der Waals surface area contributed by atoms with Crippen LogP contribution >= 0.6 is 0 Å². The van der Waals surface area contributed by atoms with Crippen molar-refractivity contribution in [3.05, 3.63) is 29.8 Å². The van der Waals surface area contributed by atoms with Crippen molar-refractivity contribution < 1.29 is 19.4 Å². The standard InChI is InChI=1S/C14H17NO4/c1-2-15(11-6-7-11)13(16)9-19-12-5-3-4-10(8-12)14(17)18/h3-5,8,11H,2,6-7,9H2,1H3,(H,17,18). The highest BCUT2D eigenvalue weighted by Gasteiger charge is 2.31. The minimum atomic E-state index is -1.01. The van der Waals surface area contributed by atoms with E-state index >= 15 is 0 Å². The molecule has 1 N–H and O–H groups in total. The van der Waals surface area contributed by atoms with Crippen molar-refractivity contribution in [1.82, 2.24) is 4.90 Å². The zero-order chi connectivity index (χ0) is 13.8. The van der Waals surface area contributed by atoms with Gasteiger partial charge in [-0.15, -0.1) is 0 Å². The third-order valence-corrected chi connectivity index (χ3v) is 3.09. The van der Waals surface area contributed by atoms with Gasteiger partial charge in [-0.3, -0.25) is 4.79 Å². The van der Waals surface area contributed by atoms with Crippen molar-refractivity contribution in [2.24, 2.45) is 0 Å². The second kappa shape index (κ2) is 5.73. The van der Waals surface area contributed by atoms with Crippen molar-refractivity contribution >= 4 is 11.9 Å². The van der Waals surface area contributed by atoms with E-state index in [4.69, 9.17) is 9.84 Å². The number of ether oxygens (including phenoxy) is 1. The molecule has 19 heavy (non-hydrogen) atoms. The molecule has 1 amide bonds. The first-order chi connectivity index (χ1) is 9.11. The molecule has 5 heteroatoms. The van der Waals surface area contributed by atoms with Gasteiger partial charge in [-0.05, 0) is 38.0 Å². The zero-order valence-electron chi connectivity index (χ0n) is 10.8. The molecule has 0 aromatic heterocycles. The third kappa shape index (κ3) is 3.47. The van der Waals surface area contributed by atoms with E-state index in [1.165, 1.54) is 12.1 Å². The molecule has 0 unspecified atom stereocenters. The average molecular weight is 263 g/mol. The Balaban J connectivity index is 1.92. The van der Waals surface area contributed by atoms with Gasteiger partial charge in [0.1, 0.15) is 5.75 Å². The molecule has 1 saturated carbocycles. The summed E-state index contributed by atoms with van der Waals surface area (Å²) >= 11 is 0. The van der Waals surface area contributed by atoms with Crippen LogP contribution in [0.3, 0.4) is 0 Å². The number of nitrogens with zero attached hydrogens (tertiary/aromatic N) is 1. The maximum absolute atomic E-state index is 11.9. The predicted octanol–water partition coefficient (Wildman–Crippen LogP) is 1.77. The quantitative estimate of drug-likeness (QED) is 0.849. The topological polar surface area (TPSA) is 66.8 Å². The fraction of sp³-hybridized carbons (Fsp3) is 0.429. The molecule has 1 aromatic carbocycles. The lowest BCUT2D eigenvalue weighted by atomic mass is 10.2. The smallest absolute Gasteiger partial charge is 0.335 e. The number of aromatic carboxylic acids is 1. The van der Waals surface area contributed by atoms with E-state index in [-0.39, 0.29) is 18.1 Å². The number of carboxylic acid groups (broad SMARTS) is 1. The van der Waals surface area contributed by atoms with Crippen molar-refractivity contribution in [3.8, 4) is 5.75 Å². The summed E-state index contributed by atoms with van der Waals surface area (Å²) in [6, 6.07) is 6.52. The second-order valence-corrected chi connectivity index (χ2v) is 4.53. The van der Waals surface area contributed by atoms with Crippen LogP contribution in [0.2, 0.25) is 0 Å². The van der Waals surface area contributed by atoms with Gasteiger partial charge < -0.3 is 14.7 Å². The van der Waals surface area contributed by atoms with E-state index in [1.807, 2.05) is 6.92 Å². The summed E-state index contributed by atoms with van der Waals surface area (Å²) in [4.78, 5) is 24.6. The third-order valence-electron chi connectivity index (χ3n) is 3.09. The van der Waals surface area contributed by atoms with Crippen molar-refractivity contribution in [1.29, 1.82) is 0 Å². The Kier molecular flexibility index (Phi) is 4.04. The number of carboxylic acids is 1. The molecule has 102 valence electrons. The molecular weight excluding hydrogens is 246 g/mol. The van der Waals surface area contributed by atoms with Gasteiger partial charge >= 0.3 is 5.97 Å². The van der Waals surface area contributed by atoms with E-state index in [0.29, 0.717) is 18.3 Å². The number of likely N-dealkylation sites (N-methyl/N-ethyl adjacent to an activating group) is 1. The second-order valence-electron chi connectivity index (χ2n) is 4.53. The molecule has 0 spiro atoms. The van der Waals surface area contributed by atoms with Crippen LogP contribution in [0.4, 0.5) is 0 Å². The summed E-state index contributed by atoms with van der Waals surface area (Å²) < 4.78 is 5.36. The number of rotatable bonds is 6. The molecule has 0 atom stereocenters. The van der Waals surface area contributed by atoms with E-state index in [0.717, 1.165) is 12.8 Å². The first kappa shape index (κ1) is 13.4. The van der Waals surface area contributed by atoms with Crippen molar-refractivity contribution in [2.45, 2.75) is 25.8 Å². The predicted molar refractivity (Wildman–Crippen MR) is 69.3 cm³/mol. The van der Waals surface area contributed by atoms with Gasteiger partial charge in [0.25, 0.3) is 5.91 Å². The maximum atomic E-state index is 11.9. The average Bonchev–Trinajstić information content (AvgIpc) is 3.22. The Labute approximate surface area is 111 Å². The van der Waals surface area contributed by atoms with Gasteiger partial charge in [0.15, 0.2) is 6.61 Å². The highest BCUT2D eigenvalue weighted by atomic mass is 16.5. The summed E-state index contributed by atoms with van der Waals surface area (Å²) in [5.41, 5.74) is 0.152. The first-order valence-corrected chi connectivity index (χ1v) is 6.37. The number of benzene rings is 1. The van der Waals surface area contributed by atoms with E-state index in [9.17, 15) is 9.59 Å². The Morgan fingerprint density at radius 3 is 2.74 bits per heavy atom. The molecule has 0 heterocycles. The maximum Gasteiger partial charge on any atom is 0.335 e. The van der Waals surface area contributed by atoms with Crippen LogP contribution in [0, 0.1) is 0 Å². The summed E-state index contributed by atoms with van der Waals surface area (Å²) in [7, 11) is 0. The van der Waals surface area contributed by atoms with Crippen LogP contribution in [0.25, 0.3) is 0 Å². The summed E-state index contributed by atoms with van der Waals surface area (Å²) in [5, 5.41) is 8.86. The molecule has 0 radical (unpaired) electrons. The fourth-order valence-corrected chi connectivity index (χ4v) is 1.97. The van der Waals surface area contributed by atoms with Crippen LogP contribution in [-0.2, 0) is 4.79 Å². The van der Waals surface area contributed by atoms with Gasteiger partial charge in [0.05, 0.1) is 5.56 Å². The van der Waals surface area contributed by atoms with Gasteiger partial charge in [-0.2, -0.15) is 0 Å². The SMILES string of the molecule is CCN(C(=O)COc1cccc(C(=O)O)c1)C1CC1. The number of hydrogen-bond acceptors (Lipinski definition) is 3. The monoisotopic (exact) mass is 263 g/mol. The molecule has 1 fully saturated rings. The van der Waals surface area contributed by atoms with Gasteiger partial charge in [0.2, 0.25) is 0 Å². The van der Waals surface area contributed by atoms with Crippen LogP contribution in [-0.4, -0.2) is 41.1 Å².